The van der Waals surface area contributed by atoms with Gasteiger partial charge in [0.1, 0.15) is 0 Å². The van der Waals surface area contributed by atoms with Crippen molar-refractivity contribution < 1.29 is 14.5 Å². The smallest absolute Gasteiger partial charge is 0.293 e. The molecule has 1 aromatic heterocycles. The van der Waals surface area contributed by atoms with Crippen LogP contribution in [0.1, 0.15) is 11.1 Å². The number of nitro benzene ring substituents is 1. The van der Waals surface area contributed by atoms with Crippen molar-refractivity contribution in [1.82, 2.24) is 9.47 Å². The quantitative estimate of drug-likeness (QED) is 0.351. The first-order chi connectivity index (χ1) is 14.0. The van der Waals surface area contributed by atoms with Crippen molar-refractivity contribution in [1.29, 1.82) is 0 Å². The molecule has 2 amide bonds. The zero-order chi connectivity index (χ0) is 20.4. The number of para-hydroxylation sites is 1. The number of thioether (sulfide) groups is 1. The van der Waals surface area contributed by atoms with Crippen molar-refractivity contribution >= 4 is 34.7 Å². The lowest BCUT2D eigenvalue weighted by Gasteiger charge is -2.12. The largest absolute Gasteiger partial charge is 0.323 e. The predicted octanol–water partition coefficient (Wildman–Crippen LogP) is 4.62. The highest BCUT2D eigenvalue weighted by Crippen LogP contribution is 2.33. The maximum Gasteiger partial charge on any atom is 0.293 e. The molecule has 2 heterocycles. The van der Waals surface area contributed by atoms with E-state index in [-0.39, 0.29) is 23.4 Å². The van der Waals surface area contributed by atoms with Crippen LogP contribution in [0, 0.1) is 10.1 Å². The van der Waals surface area contributed by atoms with Gasteiger partial charge in [-0.05, 0) is 47.2 Å². The molecule has 8 heteroatoms. The van der Waals surface area contributed by atoms with Gasteiger partial charge in [-0.25, -0.2) is 0 Å². The first-order valence-electron chi connectivity index (χ1n) is 8.73. The Morgan fingerprint density at radius 3 is 2.41 bits per heavy atom. The molecule has 3 aromatic rings. The lowest BCUT2D eigenvalue weighted by Crippen LogP contribution is -2.27. The van der Waals surface area contributed by atoms with E-state index in [1.165, 1.54) is 12.1 Å². The number of carbonyl (C=O) groups excluding carboxylic acids is 2. The summed E-state index contributed by atoms with van der Waals surface area (Å²) >= 11 is 0.890. The highest BCUT2D eigenvalue weighted by molar-refractivity contribution is 8.18. The van der Waals surface area contributed by atoms with Gasteiger partial charge in [0.2, 0.25) is 0 Å². The van der Waals surface area contributed by atoms with Crippen molar-refractivity contribution in [2.75, 3.05) is 0 Å². The zero-order valence-corrected chi connectivity index (χ0v) is 15.9. The molecule has 0 spiro atoms. The lowest BCUT2D eigenvalue weighted by atomic mass is 10.2. The van der Waals surface area contributed by atoms with Crippen LogP contribution in [0.3, 0.4) is 0 Å². The van der Waals surface area contributed by atoms with E-state index < -0.39 is 4.92 Å². The van der Waals surface area contributed by atoms with Gasteiger partial charge >= 0.3 is 0 Å². The van der Waals surface area contributed by atoms with Crippen LogP contribution in [-0.4, -0.2) is 25.5 Å². The van der Waals surface area contributed by atoms with E-state index in [1.54, 1.807) is 18.2 Å². The van der Waals surface area contributed by atoms with Crippen molar-refractivity contribution in [2.24, 2.45) is 0 Å². The van der Waals surface area contributed by atoms with E-state index in [0.29, 0.717) is 10.5 Å². The standard InChI is InChI=1S/C21H15N3O4S/c25-20-19(12-16-10-11-22(13-16)17-4-2-1-3-5-17)29-21(26)23(20)14-15-6-8-18(9-7-15)24(27)28/h1-13H,14H2/b19-12+. The minimum absolute atomic E-state index is 0.0364. The molecule has 0 atom stereocenters. The van der Waals surface area contributed by atoms with E-state index in [4.69, 9.17) is 0 Å². The minimum atomic E-state index is -0.492. The molecule has 4 rings (SSSR count). The Bertz CT molecular complexity index is 1120. The third-order valence-corrected chi connectivity index (χ3v) is 5.34. The summed E-state index contributed by atoms with van der Waals surface area (Å²) in [6.45, 7) is 0.0744. The molecular formula is C21H15N3O4S. The number of hydrogen-bond acceptors (Lipinski definition) is 5. The average Bonchev–Trinajstić information content (AvgIpc) is 3.30. The number of rotatable bonds is 5. The lowest BCUT2D eigenvalue weighted by molar-refractivity contribution is -0.384. The van der Waals surface area contributed by atoms with Gasteiger partial charge in [-0.1, -0.05) is 30.3 Å². The molecule has 1 fully saturated rings. The third kappa shape index (κ3) is 3.97. The van der Waals surface area contributed by atoms with Gasteiger partial charge in [0.25, 0.3) is 16.8 Å². The van der Waals surface area contributed by atoms with Crippen molar-refractivity contribution in [2.45, 2.75) is 6.54 Å². The van der Waals surface area contributed by atoms with Crippen LogP contribution in [0.5, 0.6) is 0 Å². The van der Waals surface area contributed by atoms with E-state index >= 15 is 0 Å². The monoisotopic (exact) mass is 405 g/mol. The summed E-state index contributed by atoms with van der Waals surface area (Å²) < 4.78 is 1.94. The van der Waals surface area contributed by atoms with Crippen molar-refractivity contribution in [3.63, 3.8) is 0 Å². The molecule has 29 heavy (non-hydrogen) atoms. The number of aromatic nitrogens is 1. The number of imide groups is 1. The Labute approximate surface area is 170 Å². The fourth-order valence-corrected chi connectivity index (χ4v) is 3.79. The number of non-ortho nitro benzene ring substituents is 1. The van der Waals surface area contributed by atoms with E-state index in [2.05, 4.69) is 0 Å². The molecule has 0 radical (unpaired) electrons. The molecular weight excluding hydrogens is 390 g/mol. The maximum atomic E-state index is 12.7. The first-order valence-corrected chi connectivity index (χ1v) is 9.55. The van der Waals surface area contributed by atoms with Crippen LogP contribution in [-0.2, 0) is 11.3 Å². The molecule has 7 nitrogen and oxygen atoms in total. The molecule has 1 aliphatic heterocycles. The number of nitrogens with zero attached hydrogens (tertiary/aromatic N) is 3. The SMILES string of the molecule is O=C1S/C(=C/c2ccn(-c3ccccc3)c2)C(=O)N1Cc1ccc([N+](=O)[O-])cc1. The summed E-state index contributed by atoms with van der Waals surface area (Å²) in [5.41, 5.74) is 2.42. The molecule has 0 unspecified atom stereocenters. The topological polar surface area (TPSA) is 85.5 Å². The highest BCUT2D eigenvalue weighted by atomic mass is 32.2. The van der Waals surface area contributed by atoms with Crippen LogP contribution < -0.4 is 0 Å². The van der Waals surface area contributed by atoms with E-state index in [9.17, 15) is 19.7 Å². The average molecular weight is 405 g/mol. The van der Waals surface area contributed by atoms with Crippen LogP contribution in [0.2, 0.25) is 0 Å². The second-order valence-corrected chi connectivity index (χ2v) is 7.37. The molecule has 144 valence electrons. The normalized spacial score (nSPS) is 15.3. The maximum absolute atomic E-state index is 12.7. The zero-order valence-electron chi connectivity index (χ0n) is 15.1. The molecule has 2 aromatic carbocycles. The summed E-state index contributed by atoms with van der Waals surface area (Å²) in [7, 11) is 0. The van der Waals surface area contributed by atoms with Crippen molar-refractivity contribution in [3.8, 4) is 5.69 Å². The third-order valence-electron chi connectivity index (χ3n) is 4.43. The summed E-state index contributed by atoms with van der Waals surface area (Å²) in [5.74, 6) is -0.370. The summed E-state index contributed by atoms with van der Waals surface area (Å²) in [6, 6.07) is 17.5. The minimum Gasteiger partial charge on any atom is -0.323 e. The molecule has 0 bridgehead atoms. The van der Waals surface area contributed by atoms with Gasteiger partial charge in [0, 0.05) is 30.2 Å². The van der Waals surface area contributed by atoms with E-state index in [0.717, 1.165) is 27.9 Å². The highest BCUT2D eigenvalue weighted by Gasteiger charge is 2.35. The Hall–Kier alpha value is -3.65. The predicted molar refractivity (Wildman–Crippen MR) is 110 cm³/mol. The van der Waals surface area contributed by atoms with Crippen molar-refractivity contribution in [3.05, 3.63) is 99.2 Å². The van der Waals surface area contributed by atoms with Gasteiger partial charge in [-0.2, -0.15) is 0 Å². The second kappa shape index (κ2) is 7.76. The van der Waals surface area contributed by atoms with Gasteiger partial charge in [0.15, 0.2) is 0 Å². The Morgan fingerprint density at radius 1 is 1.00 bits per heavy atom. The van der Waals surface area contributed by atoms with Gasteiger partial charge < -0.3 is 4.57 Å². The molecule has 1 aliphatic rings. The van der Waals surface area contributed by atoms with Gasteiger partial charge in [0.05, 0.1) is 16.4 Å². The van der Waals surface area contributed by atoms with Gasteiger partial charge in [-0.15, -0.1) is 0 Å². The summed E-state index contributed by atoms with van der Waals surface area (Å²) in [5, 5.41) is 10.4. The number of nitro groups is 1. The Balaban J connectivity index is 1.50. The molecule has 0 N–H and O–H groups in total. The molecule has 0 aliphatic carbocycles. The number of amides is 2. The number of benzene rings is 2. The Morgan fingerprint density at radius 2 is 1.72 bits per heavy atom. The van der Waals surface area contributed by atoms with E-state index in [1.807, 2.05) is 53.4 Å². The second-order valence-electron chi connectivity index (χ2n) is 6.38. The summed E-state index contributed by atoms with van der Waals surface area (Å²) in [6.07, 6.45) is 5.47. The fraction of sp³-hybridized carbons (Fsp3) is 0.0476. The van der Waals surface area contributed by atoms with Crippen LogP contribution in [0.4, 0.5) is 10.5 Å². The number of hydrogen-bond donors (Lipinski definition) is 0. The van der Waals surface area contributed by atoms with Gasteiger partial charge in [-0.3, -0.25) is 24.6 Å². The number of carbonyl (C=O) groups is 2. The van der Waals surface area contributed by atoms with Crippen LogP contribution in [0.25, 0.3) is 11.8 Å². The fourth-order valence-electron chi connectivity index (χ4n) is 2.95. The molecule has 0 saturated carbocycles. The Kier molecular flexibility index (Phi) is 5.01. The first kappa shape index (κ1) is 18.7. The van der Waals surface area contributed by atoms with Crippen LogP contribution >= 0.6 is 11.8 Å². The summed E-state index contributed by atoms with van der Waals surface area (Å²) in [4.78, 5) is 36.7. The molecule has 1 saturated heterocycles. The van der Waals surface area contributed by atoms with Crippen LogP contribution in [0.15, 0.2) is 78.0 Å².